The quantitative estimate of drug-likeness (QED) is 0.785. The van der Waals surface area contributed by atoms with E-state index >= 15 is 0 Å². The van der Waals surface area contributed by atoms with Gasteiger partial charge in [-0.2, -0.15) is 0 Å². The van der Waals surface area contributed by atoms with Crippen LogP contribution in [0.15, 0.2) is 36.4 Å². The summed E-state index contributed by atoms with van der Waals surface area (Å²) in [5, 5.41) is 10.8. The van der Waals surface area contributed by atoms with E-state index in [0.717, 1.165) is 31.6 Å². The standard InChI is InChI=1S/C22H31NO/c1-6-23(15-20-10-8-7-9-11-20)13-12-21(24)22-18(4)16(2)14-17(3)19(22)5/h7-11,14,21,24H,6,12-13,15H2,1-5H3. The number of aryl methyl sites for hydroxylation is 2. The molecule has 0 aliphatic carbocycles. The minimum atomic E-state index is -0.395. The van der Waals surface area contributed by atoms with Crippen molar-refractivity contribution >= 4 is 0 Å². The minimum absolute atomic E-state index is 0.395. The molecule has 0 heterocycles. The van der Waals surface area contributed by atoms with Gasteiger partial charge >= 0.3 is 0 Å². The Morgan fingerprint density at radius 1 is 0.958 bits per heavy atom. The molecule has 0 aliphatic rings. The fourth-order valence-corrected chi connectivity index (χ4v) is 3.39. The summed E-state index contributed by atoms with van der Waals surface area (Å²) in [4.78, 5) is 2.39. The Kier molecular flexibility index (Phi) is 6.59. The van der Waals surface area contributed by atoms with E-state index in [9.17, 15) is 5.11 Å². The summed E-state index contributed by atoms with van der Waals surface area (Å²) in [7, 11) is 0. The van der Waals surface area contributed by atoms with Crippen molar-refractivity contribution < 1.29 is 5.11 Å². The van der Waals surface area contributed by atoms with Crippen LogP contribution >= 0.6 is 0 Å². The van der Waals surface area contributed by atoms with Crippen LogP contribution in [0.5, 0.6) is 0 Å². The molecule has 0 fully saturated rings. The van der Waals surface area contributed by atoms with Gasteiger partial charge in [0, 0.05) is 13.1 Å². The van der Waals surface area contributed by atoms with Crippen LogP contribution in [0, 0.1) is 27.7 Å². The molecule has 0 saturated carbocycles. The van der Waals surface area contributed by atoms with E-state index in [2.05, 4.69) is 75.9 Å². The average molecular weight is 325 g/mol. The molecule has 2 aromatic carbocycles. The van der Waals surface area contributed by atoms with Gasteiger partial charge in [0.2, 0.25) is 0 Å². The lowest BCUT2D eigenvalue weighted by molar-refractivity contribution is 0.140. The number of rotatable bonds is 7. The molecule has 24 heavy (non-hydrogen) atoms. The van der Waals surface area contributed by atoms with Crippen LogP contribution in [0.25, 0.3) is 0 Å². The molecular weight excluding hydrogens is 294 g/mol. The molecule has 1 unspecified atom stereocenters. The lowest BCUT2D eigenvalue weighted by Crippen LogP contribution is -2.25. The second-order valence-corrected chi connectivity index (χ2v) is 6.83. The normalized spacial score (nSPS) is 12.6. The first-order chi connectivity index (χ1) is 11.4. The molecule has 2 nitrogen and oxygen atoms in total. The largest absolute Gasteiger partial charge is 0.388 e. The van der Waals surface area contributed by atoms with Crippen molar-refractivity contribution in [1.82, 2.24) is 4.90 Å². The zero-order valence-electron chi connectivity index (χ0n) is 15.8. The second-order valence-electron chi connectivity index (χ2n) is 6.83. The highest BCUT2D eigenvalue weighted by Gasteiger charge is 2.17. The van der Waals surface area contributed by atoms with Gasteiger partial charge < -0.3 is 5.11 Å². The van der Waals surface area contributed by atoms with Gasteiger partial charge in [0.15, 0.2) is 0 Å². The van der Waals surface area contributed by atoms with Crippen molar-refractivity contribution in [2.75, 3.05) is 13.1 Å². The highest BCUT2D eigenvalue weighted by molar-refractivity contribution is 5.45. The van der Waals surface area contributed by atoms with Gasteiger partial charge in [0.25, 0.3) is 0 Å². The summed E-state index contributed by atoms with van der Waals surface area (Å²) in [6.45, 7) is 13.5. The summed E-state index contributed by atoms with van der Waals surface area (Å²) in [5.41, 5.74) is 7.46. The summed E-state index contributed by atoms with van der Waals surface area (Å²) in [5.74, 6) is 0. The van der Waals surface area contributed by atoms with Crippen LogP contribution in [0.4, 0.5) is 0 Å². The number of aliphatic hydroxyl groups is 1. The molecule has 0 aromatic heterocycles. The van der Waals surface area contributed by atoms with Crippen LogP contribution in [0.3, 0.4) is 0 Å². The molecule has 2 aromatic rings. The van der Waals surface area contributed by atoms with Crippen LogP contribution in [-0.4, -0.2) is 23.1 Å². The number of hydrogen-bond donors (Lipinski definition) is 1. The lowest BCUT2D eigenvalue weighted by Gasteiger charge is -2.24. The average Bonchev–Trinajstić information content (AvgIpc) is 2.58. The molecule has 0 saturated heterocycles. The molecule has 2 heteroatoms. The first-order valence-electron chi connectivity index (χ1n) is 8.95. The number of aliphatic hydroxyl groups excluding tert-OH is 1. The summed E-state index contributed by atoms with van der Waals surface area (Å²) in [6.07, 6.45) is 0.374. The van der Waals surface area contributed by atoms with Crippen molar-refractivity contribution in [2.45, 2.75) is 53.7 Å². The number of hydrogen-bond acceptors (Lipinski definition) is 2. The Labute approximate surface area is 147 Å². The van der Waals surface area contributed by atoms with E-state index in [1.54, 1.807) is 0 Å². The molecule has 1 atom stereocenters. The van der Waals surface area contributed by atoms with E-state index in [4.69, 9.17) is 0 Å². The van der Waals surface area contributed by atoms with Gasteiger partial charge in [0.1, 0.15) is 0 Å². The third-order valence-corrected chi connectivity index (χ3v) is 5.17. The second kappa shape index (κ2) is 8.46. The van der Waals surface area contributed by atoms with Gasteiger partial charge in [-0.25, -0.2) is 0 Å². The highest BCUT2D eigenvalue weighted by Crippen LogP contribution is 2.29. The Bertz CT molecular complexity index is 637. The van der Waals surface area contributed by atoms with Gasteiger partial charge in [-0.3, -0.25) is 4.90 Å². The maximum atomic E-state index is 10.8. The maximum absolute atomic E-state index is 10.8. The Balaban J connectivity index is 2.05. The molecular formula is C22H31NO. The first-order valence-corrected chi connectivity index (χ1v) is 8.95. The number of nitrogens with zero attached hydrogens (tertiary/aromatic N) is 1. The molecule has 0 amide bonds. The van der Waals surface area contributed by atoms with Crippen LogP contribution in [0.2, 0.25) is 0 Å². The van der Waals surface area contributed by atoms with Crippen molar-refractivity contribution in [3.05, 3.63) is 69.8 Å². The van der Waals surface area contributed by atoms with Gasteiger partial charge in [0.05, 0.1) is 6.10 Å². The van der Waals surface area contributed by atoms with Crippen molar-refractivity contribution in [1.29, 1.82) is 0 Å². The first kappa shape index (κ1) is 18.7. The van der Waals surface area contributed by atoms with Crippen molar-refractivity contribution in [2.24, 2.45) is 0 Å². The highest BCUT2D eigenvalue weighted by atomic mass is 16.3. The van der Waals surface area contributed by atoms with Gasteiger partial charge in [-0.15, -0.1) is 0 Å². The summed E-state index contributed by atoms with van der Waals surface area (Å²) in [6, 6.07) is 12.8. The molecule has 0 aliphatic heterocycles. The SMILES string of the molecule is CCN(CCC(O)c1c(C)c(C)cc(C)c1C)Cc1ccccc1. The molecule has 0 radical (unpaired) electrons. The predicted molar refractivity (Wildman–Crippen MR) is 102 cm³/mol. The Morgan fingerprint density at radius 3 is 2.08 bits per heavy atom. The fraction of sp³-hybridized carbons (Fsp3) is 0.455. The zero-order chi connectivity index (χ0) is 17.7. The lowest BCUT2D eigenvalue weighted by atomic mass is 9.90. The monoisotopic (exact) mass is 325 g/mol. The third kappa shape index (κ3) is 4.46. The van der Waals surface area contributed by atoms with Crippen molar-refractivity contribution in [3.63, 3.8) is 0 Å². The van der Waals surface area contributed by atoms with Crippen LogP contribution in [0.1, 0.15) is 52.8 Å². The van der Waals surface area contributed by atoms with E-state index in [1.807, 2.05) is 0 Å². The van der Waals surface area contributed by atoms with E-state index in [1.165, 1.54) is 27.8 Å². The predicted octanol–water partition coefficient (Wildman–Crippen LogP) is 4.87. The molecule has 0 bridgehead atoms. The molecule has 2 rings (SSSR count). The van der Waals surface area contributed by atoms with E-state index in [-0.39, 0.29) is 0 Å². The summed E-state index contributed by atoms with van der Waals surface area (Å²) < 4.78 is 0. The van der Waals surface area contributed by atoms with Gasteiger partial charge in [-0.1, -0.05) is 43.3 Å². The fourth-order valence-electron chi connectivity index (χ4n) is 3.39. The summed E-state index contributed by atoms with van der Waals surface area (Å²) >= 11 is 0. The molecule has 130 valence electrons. The smallest absolute Gasteiger partial charge is 0.0807 e. The van der Waals surface area contributed by atoms with E-state index < -0.39 is 6.10 Å². The van der Waals surface area contributed by atoms with Crippen LogP contribution < -0.4 is 0 Å². The van der Waals surface area contributed by atoms with E-state index in [0.29, 0.717) is 0 Å². The Morgan fingerprint density at radius 2 is 1.54 bits per heavy atom. The minimum Gasteiger partial charge on any atom is -0.388 e. The third-order valence-electron chi connectivity index (χ3n) is 5.17. The molecule has 0 spiro atoms. The van der Waals surface area contributed by atoms with Crippen molar-refractivity contribution in [3.8, 4) is 0 Å². The maximum Gasteiger partial charge on any atom is 0.0807 e. The van der Waals surface area contributed by atoms with Crippen LogP contribution in [-0.2, 0) is 6.54 Å². The number of benzene rings is 2. The Hall–Kier alpha value is -1.64. The zero-order valence-corrected chi connectivity index (χ0v) is 15.8. The van der Waals surface area contributed by atoms with Gasteiger partial charge in [-0.05, 0) is 74.0 Å². The molecule has 1 N–H and O–H groups in total. The topological polar surface area (TPSA) is 23.5 Å².